The Labute approximate surface area is 149 Å². The number of anilines is 2. The number of rotatable bonds is 3. The molecular formula is C21H25N3O. The van der Waals surface area contributed by atoms with Crippen molar-refractivity contribution in [2.24, 2.45) is 0 Å². The Kier molecular flexibility index (Phi) is 4.68. The second-order valence-electron chi connectivity index (χ2n) is 7.10. The fraction of sp³-hybridized carbons (Fsp3) is 0.429. The van der Waals surface area contributed by atoms with Crippen LogP contribution in [-0.4, -0.2) is 23.5 Å². The van der Waals surface area contributed by atoms with E-state index in [2.05, 4.69) is 16.4 Å². The predicted octanol–water partition coefficient (Wildman–Crippen LogP) is 4.42. The fourth-order valence-electron chi connectivity index (χ4n) is 3.98. The lowest BCUT2D eigenvalue weighted by molar-refractivity contribution is 0.0984. The fourth-order valence-corrected chi connectivity index (χ4v) is 3.98. The van der Waals surface area contributed by atoms with Crippen molar-refractivity contribution in [2.45, 2.75) is 51.0 Å². The van der Waals surface area contributed by atoms with E-state index in [1.54, 1.807) is 6.20 Å². The lowest BCUT2D eigenvalue weighted by Gasteiger charge is -2.19. The van der Waals surface area contributed by atoms with Gasteiger partial charge >= 0.3 is 0 Å². The molecule has 0 radical (unpaired) electrons. The molecule has 1 aliphatic carbocycles. The molecular weight excluding hydrogens is 310 g/mol. The summed E-state index contributed by atoms with van der Waals surface area (Å²) >= 11 is 0. The Morgan fingerprint density at radius 1 is 1.08 bits per heavy atom. The molecule has 25 heavy (non-hydrogen) atoms. The molecule has 1 aliphatic heterocycles. The summed E-state index contributed by atoms with van der Waals surface area (Å²) in [7, 11) is 0. The number of carbonyl (C=O) groups is 1. The third-order valence-corrected chi connectivity index (χ3v) is 5.34. The van der Waals surface area contributed by atoms with E-state index in [1.807, 2.05) is 35.2 Å². The summed E-state index contributed by atoms with van der Waals surface area (Å²) in [6.07, 6.45) is 10.4. The van der Waals surface area contributed by atoms with Crippen molar-refractivity contribution in [3.05, 3.63) is 53.9 Å². The second kappa shape index (κ2) is 7.26. The first-order valence-electron chi connectivity index (χ1n) is 9.43. The smallest absolute Gasteiger partial charge is 0.276 e. The quantitative estimate of drug-likeness (QED) is 0.845. The van der Waals surface area contributed by atoms with Gasteiger partial charge in [-0.25, -0.2) is 0 Å². The molecule has 0 unspecified atom stereocenters. The average Bonchev–Trinajstić information content (AvgIpc) is 2.91. The van der Waals surface area contributed by atoms with E-state index in [9.17, 15) is 4.79 Å². The van der Waals surface area contributed by atoms with Crippen LogP contribution in [0.1, 0.15) is 54.6 Å². The summed E-state index contributed by atoms with van der Waals surface area (Å²) in [4.78, 5) is 19.1. The zero-order valence-electron chi connectivity index (χ0n) is 14.6. The normalized spacial score (nSPS) is 17.8. The Bertz CT molecular complexity index is 750. The van der Waals surface area contributed by atoms with Crippen LogP contribution < -0.4 is 10.2 Å². The summed E-state index contributed by atoms with van der Waals surface area (Å²) < 4.78 is 0. The molecule has 1 amide bonds. The standard InChI is InChI=1S/C21H25N3O/c25-21(24-14-12-16-7-5-6-10-20(16)24)19-15-18(11-13-22-19)23-17-8-3-1-2-4-9-17/h5-7,10-11,13,15,17H,1-4,8-9,12,14H2,(H,22,23). The molecule has 0 bridgehead atoms. The minimum Gasteiger partial charge on any atom is -0.382 e. The van der Waals surface area contributed by atoms with Crippen LogP contribution in [0.3, 0.4) is 0 Å². The van der Waals surface area contributed by atoms with E-state index in [0.29, 0.717) is 11.7 Å². The molecule has 4 heteroatoms. The van der Waals surface area contributed by atoms with Gasteiger partial charge < -0.3 is 10.2 Å². The monoisotopic (exact) mass is 335 g/mol. The number of nitrogens with zero attached hydrogens (tertiary/aromatic N) is 2. The topological polar surface area (TPSA) is 45.2 Å². The van der Waals surface area contributed by atoms with Crippen LogP contribution in [0.15, 0.2) is 42.6 Å². The molecule has 0 spiro atoms. The van der Waals surface area contributed by atoms with Crippen LogP contribution in [0, 0.1) is 0 Å². The van der Waals surface area contributed by atoms with Crippen LogP contribution in [0.4, 0.5) is 11.4 Å². The molecule has 0 atom stereocenters. The van der Waals surface area contributed by atoms with Crippen molar-refractivity contribution in [2.75, 3.05) is 16.8 Å². The predicted molar refractivity (Wildman–Crippen MR) is 101 cm³/mol. The number of pyridine rings is 1. The molecule has 1 fully saturated rings. The molecule has 0 saturated heterocycles. The second-order valence-corrected chi connectivity index (χ2v) is 7.10. The summed E-state index contributed by atoms with van der Waals surface area (Å²) in [5.74, 6) is -0.00512. The van der Waals surface area contributed by atoms with Crippen molar-refractivity contribution in [3.63, 3.8) is 0 Å². The van der Waals surface area contributed by atoms with Gasteiger partial charge in [0.1, 0.15) is 5.69 Å². The number of para-hydroxylation sites is 1. The third kappa shape index (κ3) is 3.53. The molecule has 4 rings (SSSR count). The van der Waals surface area contributed by atoms with Crippen LogP contribution in [-0.2, 0) is 6.42 Å². The lowest BCUT2D eigenvalue weighted by Crippen LogP contribution is -2.29. The van der Waals surface area contributed by atoms with Crippen molar-refractivity contribution in [1.82, 2.24) is 4.98 Å². The first kappa shape index (κ1) is 16.1. The Morgan fingerprint density at radius 2 is 1.88 bits per heavy atom. The van der Waals surface area contributed by atoms with Gasteiger partial charge in [0.05, 0.1) is 0 Å². The van der Waals surface area contributed by atoms with E-state index in [-0.39, 0.29) is 5.91 Å². The summed E-state index contributed by atoms with van der Waals surface area (Å²) in [5.41, 5.74) is 3.80. The number of fused-ring (bicyclic) bond motifs is 1. The van der Waals surface area contributed by atoms with E-state index in [4.69, 9.17) is 0 Å². The molecule has 1 N–H and O–H groups in total. The lowest BCUT2D eigenvalue weighted by atomic mass is 10.1. The number of amides is 1. The highest BCUT2D eigenvalue weighted by Crippen LogP contribution is 2.29. The average molecular weight is 335 g/mol. The van der Waals surface area contributed by atoms with Crippen molar-refractivity contribution in [1.29, 1.82) is 0 Å². The van der Waals surface area contributed by atoms with E-state index >= 15 is 0 Å². The Balaban J connectivity index is 1.50. The highest BCUT2D eigenvalue weighted by atomic mass is 16.2. The minimum atomic E-state index is -0.00512. The van der Waals surface area contributed by atoms with Gasteiger partial charge in [0, 0.05) is 30.2 Å². The van der Waals surface area contributed by atoms with Gasteiger partial charge in [-0.15, -0.1) is 0 Å². The maximum absolute atomic E-state index is 12.9. The maximum Gasteiger partial charge on any atom is 0.276 e. The molecule has 1 aromatic carbocycles. The first-order valence-corrected chi connectivity index (χ1v) is 9.43. The van der Waals surface area contributed by atoms with Gasteiger partial charge in [0.25, 0.3) is 5.91 Å². The van der Waals surface area contributed by atoms with E-state index < -0.39 is 0 Å². The zero-order chi connectivity index (χ0) is 17.1. The van der Waals surface area contributed by atoms with Gasteiger partial charge in [-0.2, -0.15) is 0 Å². The molecule has 2 heterocycles. The zero-order valence-corrected chi connectivity index (χ0v) is 14.6. The number of hydrogen-bond acceptors (Lipinski definition) is 3. The highest BCUT2D eigenvalue weighted by molar-refractivity contribution is 6.06. The largest absolute Gasteiger partial charge is 0.382 e. The van der Waals surface area contributed by atoms with Gasteiger partial charge in [-0.3, -0.25) is 9.78 Å². The summed E-state index contributed by atoms with van der Waals surface area (Å²) in [5, 5.41) is 3.62. The maximum atomic E-state index is 12.9. The third-order valence-electron chi connectivity index (χ3n) is 5.34. The van der Waals surface area contributed by atoms with Gasteiger partial charge in [0.15, 0.2) is 0 Å². The van der Waals surface area contributed by atoms with Gasteiger partial charge in [-0.1, -0.05) is 43.9 Å². The Morgan fingerprint density at radius 3 is 2.72 bits per heavy atom. The van der Waals surface area contributed by atoms with Crippen molar-refractivity contribution < 1.29 is 4.79 Å². The summed E-state index contributed by atoms with van der Waals surface area (Å²) in [6, 6.07) is 12.5. The van der Waals surface area contributed by atoms with Gasteiger partial charge in [0.2, 0.25) is 0 Å². The van der Waals surface area contributed by atoms with Crippen molar-refractivity contribution >= 4 is 17.3 Å². The van der Waals surface area contributed by atoms with E-state index in [0.717, 1.165) is 24.3 Å². The first-order chi connectivity index (χ1) is 12.3. The van der Waals surface area contributed by atoms with Crippen LogP contribution >= 0.6 is 0 Å². The number of nitrogens with one attached hydrogen (secondary N) is 1. The van der Waals surface area contributed by atoms with E-state index in [1.165, 1.54) is 44.1 Å². The molecule has 4 nitrogen and oxygen atoms in total. The number of hydrogen-bond donors (Lipinski definition) is 1. The number of aromatic nitrogens is 1. The number of carbonyl (C=O) groups excluding carboxylic acids is 1. The number of benzene rings is 1. The highest BCUT2D eigenvalue weighted by Gasteiger charge is 2.26. The molecule has 2 aliphatic rings. The van der Waals surface area contributed by atoms with Crippen LogP contribution in [0.2, 0.25) is 0 Å². The minimum absolute atomic E-state index is 0.00512. The molecule has 1 saturated carbocycles. The molecule has 130 valence electrons. The molecule has 2 aromatic rings. The van der Waals surface area contributed by atoms with Crippen LogP contribution in [0.25, 0.3) is 0 Å². The van der Waals surface area contributed by atoms with Crippen molar-refractivity contribution in [3.8, 4) is 0 Å². The Hall–Kier alpha value is -2.36. The van der Waals surface area contributed by atoms with Crippen LogP contribution in [0.5, 0.6) is 0 Å². The summed E-state index contributed by atoms with van der Waals surface area (Å²) in [6.45, 7) is 0.736. The SMILES string of the molecule is O=C(c1cc(NC2CCCCCC2)ccn1)N1CCc2ccccc21. The van der Waals surface area contributed by atoms with Gasteiger partial charge in [-0.05, 0) is 43.0 Å². The molecule has 1 aromatic heterocycles.